The van der Waals surface area contributed by atoms with E-state index in [0.29, 0.717) is 18.7 Å². The van der Waals surface area contributed by atoms with Gasteiger partial charge < -0.3 is 9.47 Å². The van der Waals surface area contributed by atoms with Gasteiger partial charge in [0.2, 0.25) is 10.0 Å². The van der Waals surface area contributed by atoms with E-state index in [2.05, 4.69) is 4.98 Å². The lowest BCUT2D eigenvalue weighted by Gasteiger charge is -2.40. The Morgan fingerprint density at radius 1 is 1.06 bits per heavy atom. The second-order valence-electron chi connectivity index (χ2n) is 9.23. The Morgan fingerprint density at radius 2 is 1.78 bits per heavy atom. The molecule has 0 bridgehead atoms. The molecule has 2 heterocycles. The normalized spacial score (nSPS) is 14.8. The van der Waals surface area contributed by atoms with Crippen LogP contribution in [-0.4, -0.2) is 71.8 Å². The zero-order chi connectivity index (χ0) is 26.0. The maximum atomic E-state index is 15.4. The summed E-state index contributed by atoms with van der Waals surface area (Å²) in [7, 11) is 0.0824. The Labute approximate surface area is 211 Å². The molecule has 1 fully saturated rings. The summed E-state index contributed by atoms with van der Waals surface area (Å²) in [6, 6.07) is 11.5. The highest BCUT2D eigenvalue weighted by molar-refractivity contribution is 7.88. The predicted octanol–water partition coefficient (Wildman–Crippen LogP) is 3.39. The summed E-state index contributed by atoms with van der Waals surface area (Å²) in [4.78, 5) is 21.1. The van der Waals surface area contributed by atoms with E-state index in [1.54, 1.807) is 29.1 Å². The minimum absolute atomic E-state index is 0.00932. The maximum absolute atomic E-state index is 15.4. The summed E-state index contributed by atoms with van der Waals surface area (Å²) in [5.74, 6) is 0.184. The molecule has 1 aromatic heterocycles. The molecule has 0 radical (unpaired) electrons. The summed E-state index contributed by atoms with van der Waals surface area (Å²) in [5, 5.41) is 1.19. The highest BCUT2D eigenvalue weighted by Crippen LogP contribution is 2.28. The molecule has 0 spiro atoms. The van der Waals surface area contributed by atoms with Crippen LogP contribution in [0.2, 0.25) is 0 Å². The molecule has 11 heteroatoms. The van der Waals surface area contributed by atoms with Crippen molar-refractivity contribution in [2.75, 3.05) is 38.3 Å². The van der Waals surface area contributed by atoms with Crippen LogP contribution in [0.25, 0.3) is 5.69 Å². The van der Waals surface area contributed by atoms with Gasteiger partial charge in [-0.1, -0.05) is 29.8 Å². The summed E-state index contributed by atoms with van der Waals surface area (Å²) in [5.41, 5.74) is 2.49. The van der Waals surface area contributed by atoms with Crippen molar-refractivity contribution in [2.24, 2.45) is 0 Å². The first kappa shape index (κ1) is 25.8. The van der Waals surface area contributed by atoms with Crippen molar-refractivity contribution in [2.45, 2.75) is 26.4 Å². The van der Waals surface area contributed by atoms with Gasteiger partial charge in [0, 0.05) is 37.2 Å². The summed E-state index contributed by atoms with van der Waals surface area (Å²) >= 11 is 0. The molecule has 1 aliphatic rings. The molecule has 9 nitrogen and oxygen atoms in total. The largest absolute Gasteiger partial charge is 0.339 e. The summed E-state index contributed by atoms with van der Waals surface area (Å²) < 4.78 is 43.6. The molecule has 0 atom stereocenters. The number of hydrogen-bond acceptors (Lipinski definition) is 5. The molecule has 3 aromatic rings. The van der Waals surface area contributed by atoms with Crippen LogP contribution in [0.5, 0.6) is 0 Å². The minimum Gasteiger partial charge on any atom is -0.303 e. The lowest BCUT2D eigenvalue weighted by Crippen LogP contribution is -2.58. The van der Waals surface area contributed by atoms with Crippen LogP contribution in [0.4, 0.5) is 14.9 Å². The number of halogens is 1. The number of carbonyl (C=O) groups is 1. The third kappa shape index (κ3) is 5.58. The number of sulfonamides is 1. The third-order valence-corrected chi connectivity index (χ3v) is 7.06. The number of amides is 2. The monoisotopic (exact) mass is 514 g/mol. The number of carbonyl (C=O) groups excluding carboxylic acids is 1. The third-order valence-electron chi connectivity index (χ3n) is 5.97. The SMILES string of the molecule is Cc1ccc(CN(N2CCCN(c3ccc(-n4ccnc4CN(C)C)cc3F)C2=O)S(C)(=O)=O)cc1. The van der Waals surface area contributed by atoms with Crippen molar-refractivity contribution in [1.82, 2.24) is 23.9 Å². The number of rotatable bonds is 8. The quantitative estimate of drug-likeness (QED) is 0.460. The molecule has 36 heavy (non-hydrogen) atoms. The van der Waals surface area contributed by atoms with Gasteiger partial charge >= 0.3 is 6.03 Å². The molecule has 1 aliphatic heterocycles. The first-order valence-electron chi connectivity index (χ1n) is 11.6. The van der Waals surface area contributed by atoms with Gasteiger partial charge in [0.05, 0.1) is 25.0 Å². The number of aryl methyl sites for hydroxylation is 1. The molecule has 192 valence electrons. The highest BCUT2D eigenvalue weighted by Gasteiger charge is 2.36. The molecule has 2 aromatic carbocycles. The number of aromatic nitrogens is 2. The molecule has 0 N–H and O–H groups in total. The Morgan fingerprint density at radius 3 is 2.42 bits per heavy atom. The number of anilines is 1. The smallest absolute Gasteiger partial charge is 0.303 e. The van der Waals surface area contributed by atoms with Gasteiger partial charge in [0.25, 0.3) is 0 Å². The van der Waals surface area contributed by atoms with Gasteiger partial charge in [-0.2, -0.15) is 0 Å². The molecular weight excluding hydrogens is 483 g/mol. The highest BCUT2D eigenvalue weighted by atomic mass is 32.2. The van der Waals surface area contributed by atoms with E-state index in [4.69, 9.17) is 0 Å². The van der Waals surface area contributed by atoms with Crippen LogP contribution < -0.4 is 4.90 Å². The van der Waals surface area contributed by atoms with Gasteiger partial charge in [-0.3, -0.25) is 4.90 Å². The Bertz CT molecular complexity index is 1340. The molecule has 0 aliphatic carbocycles. The van der Waals surface area contributed by atoms with Crippen molar-refractivity contribution in [3.05, 3.63) is 77.6 Å². The van der Waals surface area contributed by atoms with Crippen molar-refractivity contribution in [1.29, 1.82) is 0 Å². The van der Waals surface area contributed by atoms with Crippen molar-refractivity contribution >= 4 is 21.7 Å². The van der Waals surface area contributed by atoms with Gasteiger partial charge in [0.15, 0.2) is 0 Å². The first-order chi connectivity index (χ1) is 17.0. The summed E-state index contributed by atoms with van der Waals surface area (Å²) in [6.45, 7) is 3.04. The number of imidazole rings is 1. The fourth-order valence-electron chi connectivity index (χ4n) is 4.20. The molecule has 0 unspecified atom stereocenters. The summed E-state index contributed by atoms with van der Waals surface area (Å²) in [6.07, 6.45) is 4.97. The lowest BCUT2D eigenvalue weighted by atomic mass is 10.1. The van der Waals surface area contributed by atoms with Crippen LogP contribution >= 0.6 is 0 Å². The van der Waals surface area contributed by atoms with Crippen LogP contribution in [-0.2, 0) is 23.1 Å². The fourth-order valence-corrected chi connectivity index (χ4v) is 5.10. The standard InChI is InChI=1S/C25H31FN6O3S/c1-19-6-8-20(9-7-19)17-32(36(4,34)35)31-14-5-13-30(25(31)33)23-11-10-21(16-22(23)26)29-15-12-27-24(29)18-28(2)3/h6-12,15-16H,5,13-14,17-18H2,1-4H3. The van der Waals surface area contributed by atoms with E-state index in [1.807, 2.05) is 50.2 Å². The van der Waals surface area contributed by atoms with Crippen molar-refractivity contribution in [3.8, 4) is 5.69 Å². The molecule has 4 rings (SSSR count). The first-order valence-corrected chi connectivity index (χ1v) is 13.5. The molecule has 2 amide bonds. The van der Waals surface area contributed by atoms with Gasteiger partial charge in [-0.05, 0) is 45.1 Å². The average Bonchev–Trinajstić information content (AvgIpc) is 3.26. The van der Waals surface area contributed by atoms with E-state index in [9.17, 15) is 13.2 Å². The number of urea groups is 1. The van der Waals surface area contributed by atoms with Crippen LogP contribution in [0.15, 0.2) is 54.9 Å². The van der Waals surface area contributed by atoms with Crippen molar-refractivity contribution < 1.29 is 17.6 Å². The van der Waals surface area contributed by atoms with Gasteiger partial charge in [-0.15, -0.1) is 4.41 Å². The lowest BCUT2D eigenvalue weighted by molar-refractivity contribution is 0.0800. The van der Waals surface area contributed by atoms with E-state index in [0.717, 1.165) is 27.6 Å². The zero-order valence-corrected chi connectivity index (χ0v) is 21.7. The number of nitrogens with zero attached hydrogens (tertiary/aromatic N) is 6. The number of hydrogen-bond donors (Lipinski definition) is 0. The average molecular weight is 515 g/mol. The van der Waals surface area contributed by atoms with Crippen LogP contribution in [0, 0.1) is 12.7 Å². The van der Waals surface area contributed by atoms with Gasteiger partial charge in [-0.25, -0.2) is 27.6 Å². The zero-order valence-electron chi connectivity index (χ0n) is 20.9. The fraction of sp³-hybridized carbons (Fsp3) is 0.360. The van der Waals surface area contributed by atoms with E-state index in [1.165, 1.54) is 16.0 Å². The minimum atomic E-state index is -3.77. The van der Waals surface area contributed by atoms with Gasteiger partial charge in [0.1, 0.15) is 11.6 Å². The second kappa shape index (κ2) is 10.4. The predicted molar refractivity (Wildman–Crippen MR) is 137 cm³/mol. The van der Waals surface area contributed by atoms with E-state index in [-0.39, 0.29) is 25.3 Å². The topological polar surface area (TPSA) is 82.0 Å². The van der Waals surface area contributed by atoms with E-state index >= 15 is 4.39 Å². The van der Waals surface area contributed by atoms with Crippen LogP contribution in [0.1, 0.15) is 23.4 Å². The van der Waals surface area contributed by atoms with E-state index < -0.39 is 21.9 Å². The Balaban J connectivity index is 1.60. The van der Waals surface area contributed by atoms with Crippen molar-refractivity contribution in [3.63, 3.8) is 0 Å². The Hall–Kier alpha value is -3.28. The molecular formula is C25H31FN6O3S. The number of benzene rings is 2. The molecule has 1 saturated heterocycles. The number of hydrazine groups is 1. The molecule has 0 saturated carbocycles. The second-order valence-corrected chi connectivity index (χ2v) is 11.1. The maximum Gasteiger partial charge on any atom is 0.339 e. The Kier molecular flexibility index (Phi) is 7.43. The van der Waals surface area contributed by atoms with Crippen LogP contribution in [0.3, 0.4) is 0 Å².